The van der Waals surface area contributed by atoms with Crippen LogP contribution in [0.3, 0.4) is 0 Å². The van der Waals surface area contributed by atoms with Crippen molar-refractivity contribution in [2.75, 3.05) is 13.2 Å². The van der Waals surface area contributed by atoms with E-state index in [9.17, 15) is 4.79 Å². The Kier molecular flexibility index (Phi) is 6.64. The Morgan fingerprint density at radius 2 is 1.75 bits per heavy atom. The highest BCUT2D eigenvalue weighted by Crippen LogP contribution is 1.98. The molecule has 0 saturated carbocycles. The Bertz CT molecular complexity index is 119. The van der Waals surface area contributed by atoms with E-state index in [1.54, 1.807) is 13.8 Å². The number of hydrogen-bond acceptors (Lipinski definition) is 5. The summed E-state index contributed by atoms with van der Waals surface area (Å²) < 4.78 is 9.82. The van der Waals surface area contributed by atoms with Crippen LogP contribution >= 0.6 is 0 Å². The zero-order valence-electron chi connectivity index (χ0n) is 7.53. The number of rotatable bonds is 6. The van der Waals surface area contributed by atoms with E-state index in [0.29, 0.717) is 13.2 Å². The Hall–Kier alpha value is -0.650. The molecule has 0 aliphatic carbocycles. The minimum absolute atomic E-state index is 0.423. The van der Waals surface area contributed by atoms with Crippen LogP contribution in [0.4, 0.5) is 0 Å². The van der Waals surface area contributed by atoms with Crippen molar-refractivity contribution in [3.05, 3.63) is 0 Å². The SMILES string of the molecule is CCOC(OCC)OOC(C)=O. The molecule has 0 amide bonds. The molecule has 0 aromatic carbocycles. The van der Waals surface area contributed by atoms with Gasteiger partial charge in [0, 0.05) is 20.1 Å². The van der Waals surface area contributed by atoms with Gasteiger partial charge in [0.2, 0.25) is 0 Å². The molecule has 0 saturated heterocycles. The molecule has 0 atom stereocenters. The molecule has 12 heavy (non-hydrogen) atoms. The highest BCUT2D eigenvalue weighted by atomic mass is 17.3. The normalized spacial score (nSPS) is 10.3. The van der Waals surface area contributed by atoms with E-state index in [2.05, 4.69) is 9.78 Å². The predicted octanol–water partition coefficient (Wildman–Crippen LogP) is 0.838. The molecule has 0 N–H and O–H groups in total. The quantitative estimate of drug-likeness (QED) is 0.342. The minimum Gasteiger partial charge on any atom is -0.328 e. The van der Waals surface area contributed by atoms with Crippen LogP contribution in [-0.2, 0) is 24.0 Å². The van der Waals surface area contributed by atoms with Crippen LogP contribution in [0.2, 0.25) is 0 Å². The van der Waals surface area contributed by atoms with Gasteiger partial charge in [0.05, 0.1) is 0 Å². The Morgan fingerprint density at radius 3 is 2.08 bits per heavy atom. The Morgan fingerprint density at radius 1 is 1.25 bits per heavy atom. The van der Waals surface area contributed by atoms with Crippen molar-refractivity contribution in [3.8, 4) is 0 Å². The molecule has 0 aromatic heterocycles. The van der Waals surface area contributed by atoms with Gasteiger partial charge in [0.15, 0.2) is 0 Å². The maximum absolute atomic E-state index is 10.3. The summed E-state index contributed by atoms with van der Waals surface area (Å²) in [5, 5.41) is 0. The van der Waals surface area contributed by atoms with Crippen LogP contribution in [0.1, 0.15) is 20.8 Å². The first-order valence-corrected chi connectivity index (χ1v) is 3.77. The summed E-state index contributed by atoms with van der Waals surface area (Å²) in [5.41, 5.74) is 0. The molecule has 0 rings (SSSR count). The second-order valence-electron chi connectivity index (χ2n) is 1.87. The summed E-state index contributed by atoms with van der Waals surface area (Å²) in [6, 6.07) is 0. The van der Waals surface area contributed by atoms with Crippen molar-refractivity contribution >= 4 is 5.97 Å². The molecule has 0 fully saturated rings. The van der Waals surface area contributed by atoms with Crippen LogP contribution < -0.4 is 0 Å². The van der Waals surface area contributed by atoms with Gasteiger partial charge < -0.3 is 9.47 Å². The minimum atomic E-state index is -0.927. The number of carbonyl (C=O) groups is 1. The van der Waals surface area contributed by atoms with E-state index in [1.807, 2.05) is 0 Å². The van der Waals surface area contributed by atoms with Gasteiger partial charge in [-0.25, -0.2) is 4.79 Å². The van der Waals surface area contributed by atoms with Gasteiger partial charge in [0.25, 0.3) is 0 Å². The van der Waals surface area contributed by atoms with E-state index in [1.165, 1.54) is 6.92 Å². The number of ether oxygens (including phenoxy) is 2. The highest BCUT2D eigenvalue weighted by molar-refractivity contribution is 5.65. The third-order valence-electron chi connectivity index (χ3n) is 0.850. The molecule has 0 spiro atoms. The van der Waals surface area contributed by atoms with Crippen molar-refractivity contribution in [1.29, 1.82) is 0 Å². The molecule has 0 unspecified atom stereocenters. The Balaban J connectivity index is 3.54. The van der Waals surface area contributed by atoms with Crippen LogP contribution in [0.5, 0.6) is 0 Å². The van der Waals surface area contributed by atoms with Crippen LogP contribution in [0, 0.1) is 0 Å². The number of hydrogen-bond donors (Lipinski definition) is 0. The molecule has 5 heteroatoms. The van der Waals surface area contributed by atoms with Crippen molar-refractivity contribution in [2.24, 2.45) is 0 Å². The first-order valence-electron chi connectivity index (χ1n) is 3.77. The topological polar surface area (TPSA) is 54.0 Å². The van der Waals surface area contributed by atoms with Crippen molar-refractivity contribution < 1.29 is 24.0 Å². The lowest BCUT2D eigenvalue weighted by atomic mass is 10.8. The average Bonchev–Trinajstić information content (AvgIpc) is 2.01. The standard InChI is InChI=1S/C7H14O5/c1-4-9-7(10-5-2)12-11-6(3)8/h7H,4-5H2,1-3H3. The second kappa shape index (κ2) is 7.02. The number of carbonyl (C=O) groups excluding carboxylic acids is 1. The molecule has 0 aromatic rings. The van der Waals surface area contributed by atoms with Gasteiger partial charge in [-0.05, 0) is 13.8 Å². The first-order chi connectivity index (χ1) is 5.70. The second-order valence-corrected chi connectivity index (χ2v) is 1.87. The fourth-order valence-electron chi connectivity index (χ4n) is 0.483. The molecule has 0 aliphatic rings. The fraction of sp³-hybridized carbons (Fsp3) is 0.857. The summed E-state index contributed by atoms with van der Waals surface area (Å²) in [6.07, 6.45) is 0. The molecule has 5 nitrogen and oxygen atoms in total. The molecular formula is C7H14O5. The predicted molar refractivity (Wildman–Crippen MR) is 39.9 cm³/mol. The molecule has 0 radical (unpaired) electrons. The maximum Gasteiger partial charge on any atom is 0.339 e. The summed E-state index contributed by atoms with van der Waals surface area (Å²) in [7, 11) is 0. The van der Waals surface area contributed by atoms with E-state index in [-0.39, 0.29) is 0 Å². The lowest BCUT2D eigenvalue weighted by Gasteiger charge is -2.14. The molecule has 0 heterocycles. The van der Waals surface area contributed by atoms with Crippen LogP contribution in [0.25, 0.3) is 0 Å². The summed E-state index contributed by atoms with van der Waals surface area (Å²) >= 11 is 0. The van der Waals surface area contributed by atoms with Crippen LogP contribution in [-0.4, -0.2) is 25.7 Å². The first kappa shape index (κ1) is 11.4. The third kappa shape index (κ3) is 6.09. The zero-order chi connectivity index (χ0) is 9.40. The summed E-state index contributed by atoms with van der Waals surface area (Å²) in [4.78, 5) is 19.0. The smallest absolute Gasteiger partial charge is 0.328 e. The lowest BCUT2D eigenvalue weighted by Crippen LogP contribution is -2.22. The molecular weight excluding hydrogens is 164 g/mol. The highest BCUT2D eigenvalue weighted by Gasteiger charge is 2.10. The van der Waals surface area contributed by atoms with Gasteiger partial charge in [-0.2, -0.15) is 0 Å². The van der Waals surface area contributed by atoms with Gasteiger partial charge in [-0.15, -0.1) is 4.89 Å². The fourth-order valence-corrected chi connectivity index (χ4v) is 0.483. The zero-order valence-corrected chi connectivity index (χ0v) is 7.53. The van der Waals surface area contributed by atoms with E-state index in [4.69, 9.17) is 9.47 Å². The van der Waals surface area contributed by atoms with Gasteiger partial charge in [-0.3, -0.25) is 4.89 Å². The summed E-state index contributed by atoms with van der Waals surface area (Å²) in [6.45, 7) is 4.71. The third-order valence-corrected chi connectivity index (χ3v) is 0.850. The molecule has 72 valence electrons. The Labute approximate surface area is 71.5 Å². The lowest BCUT2D eigenvalue weighted by molar-refractivity contribution is -0.420. The van der Waals surface area contributed by atoms with Crippen LogP contribution in [0.15, 0.2) is 0 Å². The van der Waals surface area contributed by atoms with Crippen molar-refractivity contribution in [3.63, 3.8) is 0 Å². The van der Waals surface area contributed by atoms with Gasteiger partial charge in [-0.1, -0.05) is 0 Å². The van der Waals surface area contributed by atoms with E-state index in [0.717, 1.165) is 0 Å². The summed E-state index contributed by atoms with van der Waals surface area (Å²) in [5.74, 6) is -0.542. The van der Waals surface area contributed by atoms with Crippen molar-refractivity contribution in [2.45, 2.75) is 27.2 Å². The largest absolute Gasteiger partial charge is 0.339 e. The van der Waals surface area contributed by atoms with Crippen molar-refractivity contribution in [1.82, 2.24) is 0 Å². The molecule has 0 aliphatic heterocycles. The van der Waals surface area contributed by atoms with Gasteiger partial charge in [0.1, 0.15) is 0 Å². The van der Waals surface area contributed by atoms with E-state index < -0.39 is 12.4 Å². The molecule has 0 bridgehead atoms. The average molecular weight is 178 g/mol. The van der Waals surface area contributed by atoms with Gasteiger partial charge >= 0.3 is 12.4 Å². The van der Waals surface area contributed by atoms with E-state index >= 15 is 0 Å². The monoisotopic (exact) mass is 178 g/mol. The maximum atomic E-state index is 10.3.